The Bertz CT molecular complexity index is 251. The third kappa shape index (κ3) is 3.84. The van der Waals surface area contributed by atoms with Crippen molar-refractivity contribution in [3.05, 3.63) is 30.3 Å². The molecule has 0 aromatic heterocycles. The van der Waals surface area contributed by atoms with Crippen LogP contribution in [0.3, 0.4) is 0 Å². The molecule has 72 valence electrons. The van der Waals surface area contributed by atoms with Crippen molar-refractivity contribution in [3.63, 3.8) is 0 Å². The molecule has 0 amide bonds. The Labute approximate surface area is 106 Å². The van der Waals surface area contributed by atoms with E-state index in [4.69, 9.17) is 4.43 Å². The third-order valence-electron chi connectivity index (χ3n) is 1.60. The van der Waals surface area contributed by atoms with Crippen LogP contribution < -0.4 is 5.19 Å². The van der Waals surface area contributed by atoms with Gasteiger partial charge in [-0.1, -0.05) is 80.8 Å². The lowest BCUT2D eigenvalue weighted by Gasteiger charge is -2.18. The lowest BCUT2D eigenvalue weighted by molar-refractivity contribution is 0.337. The van der Waals surface area contributed by atoms with Gasteiger partial charge in [-0.15, -0.1) is 0 Å². The maximum Gasteiger partial charge on any atom is 0.358 e. The first-order valence-corrected chi connectivity index (χ1v) is 12.4. The first-order valence-electron chi connectivity index (χ1n) is 4.24. The monoisotopic (exact) mass is 418 g/mol. The second-order valence-corrected chi connectivity index (χ2v) is 19.9. The van der Waals surface area contributed by atoms with Gasteiger partial charge in [-0.25, -0.2) is 0 Å². The summed E-state index contributed by atoms with van der Waals surface area (Å²) in [5.41, 5.74) is 0. The van der Waals surface area contributed by atoms with Crippen LogP contribution in [0, 0.1) is 0 Å². The normalized spacial score (nSPS) is 11.6. The van der Waals surface area contributed by atoms with Crippen molar-refractivity contribution >= 4 is 52.1 Å². The van der Waals surface area contributed by atoms with Gasteiger partial charge in [0.1, 0.15) is 0 Å². The lowest BCUT2D eigenvalue weighted by Crippen LogP contribution is -2.38. The average Bonchev–Trinajstić information content (AvgIpc) is 2.16. The van der Waals surface area contributed by atoms with Gasteiger partial charge >= 0.3 is 3.31 Å². The number of benzene rings is 1. The van der Waals surface area contributed by atoms with Gasteiger partial charge < -0.3 is 4.43 Å². The first-order chi connectivity index (χ1) is 6.17. The number of halogens is 2. The molecule has 0 N–H and O–H groups in total. The molecule has 0 atom stereocenters. The average molecular weight is 418 g/mol. The second-order valence-electron chi connectivity index (χ2n) is 2.73. The quantitative estimate of drug-likeness (QED) is 0.415. The zero-order chi connectivity index (χ0) is 9.73. The van der Waals surface area contributed by atoms with Crippen LogP contribution in [0.2, 0.25) is 0 Å². The van der Waals surface area contributed by atoms with E-state index in [2.05, 4.69) is 74.8 Å². The van der Waals surface area contributed by atoms with Crippen molar-refractivity contribution < 1.29 is 4.43 Å². The molecule has 0 radical (unpaired) electrons. The molecule has 13 heavy (non-hydrogen) atoms. The minimum Gasteiger partial charge on any atom is -0.397 e. The van der Waals surface area contributed by atoms with Crippen molar-refractivity contribution in [2.75, 3.05) is 6.61 Å². The van der Waals surface area contributed by atoms with Crippen LogP contribution in [-0.2, 0) is 4.43 Å². The van der Waals surface area contributed by atoms with E-state index in [1.165, 1.54) is 5.19 Å². The number of rotatable bonds is 4. The molecule has 1 aromatic carbocycles. The van der Waals surface area contributed by atoms with Crippen LogP contribution in [0.15, 0.2) is 30.3 Å². The Kier molecular flexibility index (Phi) is 5.20. The van der Waals surface area contributed by atoms with Crippen molar-refractivity contribution in [2.45, 2.75) is 13.3 Å². The van der Waals surface area contributed by atoms with E-state index >= 15 is 0 Å². The summed E-state index contributed by atoms with van der Waals surface area (Å²) in [5, 5.41) is 1.35. The van der Waals surface area contributed by atoms with Crippen LogP contribution in [0.5, 0.6) is 0 Å². The standard InChI is InChI=1S/C9H12I2OSi/c1-2-8-12-13(10,11)9-6-4-3-5-7-9/h3-7H,2,8H2,1H3. The van der Waals surface area contributed by atoms with E-state index in [0.29, 0.717) is 0 Å². The summed E-state index contributed by atoms with van der Waals surface area (Å²) < 4.78 is 4.22. The highest BCUT2D eigenvalue weighted by Gasteiger charge is 2.30. The van der Waals surface area contributed by atoms with E-state index in [9.17, 15) is 0 Å². The summed E-state index contributed by atoms with van der Waals surface area (Å²) >= 11 is 4.94. The van der Waals surface area contributed by atoms with Crippen molar-refractivity contribution in [3.8, 4) is 0 Å². The predicted molar refractivity (Wildman–Crippen MR) is 76.1 cm³/mol. The first kappa shape index (κ1) is 11.9. The van der Waals surface area contributed by atoms with Gasteiger partial charge in [0.15, 0.2) is 0 Å². The van der Waals surface area contributed by atoms with Gasteiger partial charge in [-0.05, 0) is 11.6 Å². The molecule has 0 saturated heterocycles. The molecule has 0 bridgehead atoms. The van der Waals surface area contributed by atoms with E-state index in [-0.39, 0.29) is 0 Å². The highest BCUT2D eigenvalue weighted by molar-refractivity contribution is 14.3. The molecule has 0 saturated carbocycles. The summed E-state index contributed by atoms with van der Waals surface area (Å²) in [6.45, 7) is 3.01. The number of hydrogen-bond acceptors (Lipinski definition) is 1. The SMILES string of the molecule is CCCO[Si](I)(I)c1ccccc1. The Morgan fingerprint density at radius 3 is 2.38 bits per heavy atom. The largest absolute Gasteiger partial charge is 0.397 e. The molecule has 1 nitrogen and oxygen atoms in total. The zero-order valence-electron chi connectivity index (χ0n) is 7.47. The molecular formula is C9H12I2OSi. The Balaban J connectivity index is 2.69. The van der Waals surface area contributed by atoms with Gasteiger partial charge in [0, 0.05) is 6.61 Å². The van der Waals surface area contributed by atoms with Gasteiger partial charge in [0.25, 0.3) is 0 Å². The summed E-state index contributed by atoms with van der Waals surface area (Å²) in [5.74, 6) is 0. The molecule has 0 aliphatic rings. The fourth-order valence-corrected chi connectivity index (χ4v) is 5.63. The maximum absolute atomic E-state index is 5.88. The molecule has 1 rings (SSSR count). The molecule has 1 aromatic rings. The second kappa shape index (κ2) is 5.67. The zero-order valence-corrected chi connectivity index (χ0v) is 12.8. The van der Waals surface area contributed by atoms with Crippen molar-refractivity contribution in [2.24, 2.45) is 0 Å². The fourth-order valence-electron chi connectivity index (χ4n) is 0.946. The van der Waals surface area contributed by atoms with E-state index < -0.39 is 3.31 Å². The van der Waals surface area contributed by atoms with E-state index in [1.807, 2.05) is 6.07 Å². The van der Waals surface area contributed by atoms with Crippen LogP contribution in [0.25, 0.3) is 0 Å². The molecule has 0 aliphatic carbocycles. The summed E-state index contributed by atoms with van der Waals surface area (Å²) in [4.78, 5) is 0. The smallest absolute Gasteiger partial charge is 0.358 e. The lowest BCUT2D eigenvalue weighted by atomic mass is 10.4. The highest BCUT2D eigenvalue weighted by Crippen LogP contribution is 2.22. The highest BCUT2D eigenvalue weighted by atomic mass is 127. The molecule has 0 aliphatic heterocycles. The minimum atomic E-state index is -1.66. The van der Waals surface area contributed by atoms with Crippen LogP contribution >= 0.6 is 43.6 Å². The summed E-state index contributed by atoms with van der Waals surface area (Å²) in [7, 11) is 0. The summed E-state index contributed by atoms with van der Waals surface area (Å²) in [6, 6.07) is 10.5. The van der Waals surface area contributed by atoms with E-state index in [0.717, 1.165) is 13.0 Å². The Morgan fingerprint density at radius 2 is 1.85 bits per heavy atom. The van der Waals surface area contributed by atoms with Gasteiger partial charge in [0.05, 0.1) is 0 Å². The van der Waals surface area contributed by atoms with E-state index in [1.54, 1.807) is 0 Å². The molecule has 0 fully saturated rings. The molecule has 4 heteroatoms. The van der Waals surface area contributed by atoms with Crippen LogP contribution in [0.1, 0.15) is 13.3 Å². The van der Waals surface area contributed by atoms with Crippen LogP contribution in [0.4, 0.5) is 0 Å². The Hall–Kier alpha value is 0.857. The maximum atomic E-state index is 5.88. The molecule has 0 heterocycles. The van der Waals surface area contributed by atoms with Gasteiger partial charge in [0.2, 0.25) is 0 Å². The topological polar surface area (TPSA) is 9.23 Å². The number of hydrogen-bond donors (Lipinski definition) is 0. The van der Waals surface area contributed by atoms with Crippen LogP contribution in [-0.4, -0.2) is 9.92 Å². The van der Waals surface area contributed by atoms with Crippen molar-refractivity contribution in [1.82, 2.24) is 0 Å². The fraction of sp³-hybridized carbons (Fsp3) is 0.333. The van der Waals surface area contributed by atoms with Gasteiger partial charge in [-0.2, -0.15) is 0 Å². The molecular weight excluding hydrogens is 406 g/mol. The van der Waals surface area contributed by atoms with Crippen molar-refractivity contribution in [1.29, 1.82) is 0 Å². The van der Waals surface area contributed by atoms with Gasteiger partial charge in [-0.3, -0.25) is 0 Å². The third-order valence-corrected chi connectivity index (χ3v) is 8.77. The Morgan fingerprint density at radius 1 is 1.23 bits per heavy atom. The predicted octanol–water partition coefficient (Wildman–Crippen LogP) is 3.13. The minimum absolute atomic E-state index is 0.868. The summed E-state index contributed by atoms with van der Waals surface area (Å²) in [6.07, 6.45) is 1.09. The molecule has 0 spiro atoms. The molecule has 0 unspecified atom stereocenters.